The minimum absolute atomic E-state index is 0.279. The van der Waals surface area contributed by atoms with Crippen LogP contribution in [0.25, 0.3) is 0 Å². The molecule has 4 heteroatoms. The summed E-state index contributed by atoms with van der Waals surface area (Å²) >= 11 is 0. The van der Waals surface area contributed by atoms with E-state index in [9.17, 15) is 9.90 Å². The summed E-state index contributed by atoms with van der Waals surface area (Å²) in [4.78, 5) is 11.5. The fourth-order valence-electron chi connectivity index (χ4n) is 1.64. The van der Waals surface area contributed by atoms with Crippen LogP contribution in [-0.4, -0.2) is 24.3 Å². The van der Waals surface area contributed by atoms with Gasteiger partial charge >= 0.3 is 5.97 Å². The highest BCUT2D eigenvalue weighted by atomic mass is 16.5. The lowest BCUT2D eigenvalue weighted by atomic mass is 9.95. The van der Waals surface area contributed by atoms with E-state index in [-0.39, 0.29) is 5.92 Å². The molecule has 106 valence electrons. The Hall–Kier alpha value is -1.55. The topological polar surface area (TPSA) is 55.8 Å². The number of hydrogen-bond donors (Lipinski definition) is 1. The zero-order valence-corrected chi connectivity index (χ0v) is 12.0. The molecule has 0 bridgehead atoms. The Bertz CT molecular complexity index is 411. The summed E-state index contributed by atoms with van der Waals surface area (Å²) in [6.45, 7) is 8.44. The minimum Gasteiger partial charge on any atom is -0.494 e. The monoisotopic (exact) mass is 266 g/mol. The van der Waals surface area contributed by atoms with Crippen molar-refractivity contribution in [1.82, 2.24) is 0 Å². The predicted molar refractivity (Wildman–Crippen MR) is 73.4 cm³/mol. The molecule has 0 fully saturated rings. The van der Waals surface area contributed by atoms with E-state index in [4.69, 9.17) is 9.47 Å². The number of aliphatic carboxylic acids is 1. The first kappa shape index (κ1) is 15.5. The molecular formula is C15H22O4. The van der Waals surface area contributed by atoms with Gasteiger partial charge in [-0.25, -0.2) is 4.79 Å². The second-order valence-electron chi connectivity index (χ2n) is 5.00. The summed E-state index contributed by atoms with van der Waals surface area (Å²) in [6.07, 6.45) is 0. The van der Waals surface area contributed by atoms with E-state index in [1.807, 2.05) is 20.8 Å². The highest BCUT2D eigenvalue weighted by Gasteiger charge is 2.36. The van der Waals surface area contributed by atoms with Crippen molar-refractivity contribution in [3.8, 4) is 5.75 Å². The molecule has 0 aliphatic heterocycles. The molecule has 0 aliphatic rings. The molecule has 1 unspecified atom stereocenters. The van der Waals surface area contributed by atoms with Crippen molar-refractivity contribution in [3.63, 3.8) is 0 Å². The smallest absolute Gasteiger partial charge is 0.340 e. The van der Waals surface area contributed by atoms with Crippen LogP contribution in [0, 0.1) is 5.92 Å². The number of hydrogen-bond acceptors (Lipinski definition) is 3. The Morgan fingerprint density at radius 3 is 2.32 bits per heavy atom. The summed E-state index contributed by atoms with van der Waals surface area (Å²) in [7, 11) is 0. The molecular weight excluding hydrogens is 244 g/mol. The number of carboxylic acids is 1. The van der Waals surface area contributed by atoms with Crippen molar-refractivity contribution in [2.45, 2.75) is 33.3 Å². The third-order valence-electron chi connectivity index (χ3n) is 2.83. The van der Waals surface area contributed by atoms with Crippen molar-refractivity contribution in [2.75, 3.05) is 13.2 Å². The molecule has 0 radical (unpaired) electrons. The first-order chi connectivity index (χ1) is 8.90. The van der Waals surface area contributed by atoms with Crippen LogP contribution in [0.2, 0.25) is 0 Å². The molecule has 4 nitrogen and oxygen atoms in total. The fourth-order valence-corrected chi connectivity index (χ4v) is 1.64. The Kier molecular flexibility index (Phi) is 5.36. The quantitative estimate of drug-likeness (QED) is 0.824. The zero-order valence-electron chi connectivity index (χ0n) is 12.0. The number of benzene rings is 1. The van der Waals surface area contributed by atoms with Gasteiger partial charge in [-0.3, -0.25) is 0 Å². The zero-order chi connectivity index (χ0) is 14.5. The molecule has 1 rings (SSSR count). The minimum atomic E-state index is -1.32. The molecule has 0 heterocycles. The summed E-state index contributed by atoms with van der Waals surface area (Å²) in [5.74, 6) is 0.0153. The number of carboxylic acid groups (broad SMARTS) is 1. The summed E-state index contributed by atoms with van der Waals surface area (Å²) in [5.41, 5.74) is -0.709. The van der Waals surface area contributed by atoms with Gasteiger partial charge in [0, 0.05) is 0 Å². The Labute approximate surface area is 114 Å². The molecule has 1 aromatic carbocycles. The molecule has 0 spiro atoms. The van der Waals surface area contributed by atoms with E-state index in [0.717, 1.165) is 5.75 Å². The SMILES string of the molecule is CCOc1ccc(C(C)(OCC(C)C)C(=O)O)cc1. The molecule has 1 aromatic rings. The predicted octanol–water partition coefficient (Wildman–Crippen LogP) is 3.06. The van der Waals surface area contributed by atoms with E-state index in [2.05, 4.69) is 0 Å². The highest BCUT2D eigenvalue weighted by Crippen LogP contribution is 2.28. The maximum atomic E-state index is 11.5. The molecule has 0 aliphatic carbocycles. The lowest BCUT2D eigenvalue weighted by Gasteiger charge is -2.27. The van der Waals surface area contributed by atoms with Crippen LogP contribution in [0.15, 0.2) is 24.3 Å². The number of carbonyl (C=O) groups is 1. The maximum Gasteiger partial charge on any atom is 0.340 e. The van der Waals surface area contributed by atoms with Gasteiger partial charge in [-0.15, -0.1) is 0 Å². The summed E-state index contributed by atoms with van der Waals surface area (Å²) in [6, 6.07) is 7.00. The van der Waals surface area contributed by atoms with Gasteiger partial charge in [0.15, 0.2) is 5.60 Å². The lowest BCUT2D eigenvalue weighted by molar-refractivity contribution is -0.166. The first-order valence-electron chi connectivity index (χ1n) is 6.50. The average Bonchev–Trinajstić information content (AvgIpc) is 2.37. The molecule has 1 N–H and O–H groups in total. The van der Waals surface area contributed by atoms with Gasteiger partial charge < -0.3 is 14.6 Å². The molecule has 0 amide bonds. The van der Waals surface area contributed by atoms with Gasteiger partial charge in [-0.05, 0) is 37.5 Å². The van der Waals surface area contributed by atoms with Gasteiger partial charge in [0.1, 0.15) is 5.75 Å². The fraction of sp³-hybridized carbons (Fsp3) is 0.533. The van der Waals surface area contributed by atoms with Crippen molar-refractivity contribution < 1.29 is 19.4 Å². The van der Waals surface area contributed by atoms with Crippen LogP contribution >= 0.6 is 0 Å². The average molecular weight is 266 g/mol. The standard InChI is InChI=1S/C15H22O4/c1-5-18-13-8-6-12(7-9-13)15(4,14(16)17)19-10-11(2)3/h6-9,11H,5,10H2,1-4H3,(H,16,17). The van der Waals surface area contributed by atoms with Gasteiger partial charge in [0.2, 0.25) is 0 Å². The van der Waals surface area contributed by atoms with E-state index >= 15 is 0 Å². The lowest BCUT2D eigenvalue weighted by Crippen LogP contribution is -2.36. The second-order valence-corrected chi connectivity index (χ2v) is 5.00. The van der Waals surface area contributed by atoms with Crippen molar-refractivity contribution >= 4 is 5.97 Å². The summed E-state index contributed by atoms with van der Waals surface area (Å²) < 4.78 is 10.9. The van der Waals surface area contributed by atoms with Crippen LogP contribution in [0.1, 0.15) is 33.3 Å². The van der Waals surface area contributed by atoms with Gasteiger partial charge in [0.05, 0.1) is 13.2 Å². The van der Waals surface area contributed by atoms with E-state index < -0.39 is 11.6 Å². The van der Waals surface area contributed by atoms with E-state index in [1.165, 1.54) is 0 Å². The third-order valence-corrected chi connectivity index (χ3v) is 2.83. The highest BCUT2D eigenvalue weighted by molar-refractivity contribution is 5.79. The molecule has 0 saturated carbocycles. The normalized spacial score (nSPS) is 14.2. The van der Waals surface area contributed by atoms with Crippen LogP contribution in [0.4, 0.5) is 0 Å². The third kappa shape index (κ3) is 3.96. The Balaban J connectivity index is 2.94. The van der Waals surface area contributed by atoms with Crippen LogP contribution in [0.3, 0.4) is 0 Å². The molecule has 0 aromatic heterocycles. The van der Waals surface area contributed by atoms with E-state index in [0.29, 0.717) is 18.8 Å². The van der Waals surface area contributed by atoms with Crippen LogP contribution in [0.5, 0.6) is 5.75 Å². The van der Waals surface area contributed by atoms with Gasteiger partial charge in [-0.2, -0.15) is 0 Å². The van der Waals surface area contributed by atoms with E-state index in [1.54, 1.807) is 31.2 Å². The number of rotatable bonds is 7. The molecule has 1 atom stereocenters. The van der Waals surface area contributed by atoms with Gasteiger partial charge in [-0.1, -0.05) is 26.0 Å². The maximum absolute atomic E-state index is 11.5. The summed E-state index contributed by atoms with van der Waals surface area (Å²) in [5, 5.41) is 9.42. The van der Waals surface area contributed by atoms with Crippen LogP contribution in [-0.2, 0) is 15.1 Å². The Morgan fingerprint density at radius 1 is 1.32 bits per heavy atom. The van der Waals surface area contributed by atoms with Crippen molar-refractivity contribution in [1.29, 1.82) is 0 Å². The second kappa shape index (κ2) is 6.57. The molecule has 0 saturated heterocycles. The van der Waals surface area contributed by atoms with Crippen molar-refractivity contribution in [3.05, 3.63) is 29.8 Å². The largest absolute Gasteiger partial charge is 0.494 e. The van der Waals surface area contributed by atoms with Crippen LogP contribution < -0.4 is 4.74 Å². The number of ether oxygens (including phenoxy) is 2. The van der Waals surface area contributed by atoms with Gasteiger partial charge in [0.25, 0.3) is 0 Å². The molecule has 19 heavy (non-hydrogen) atoms. The Morgan fingerprint density at radius 2 is 1.89 bits per heavy atom. The first-order valence-corrected chi connectivity index (χ1v) is 6.50. The van der Waals surface area contributed by atoms with Crippen molar-refractivity contribution in [2.24, 2.45) is 5.92 Å².